The number of nitrogens with one attached hydrogen (secondary N) is 1. The summed E-state index contributed by atoms with van der Waals surface area (Å²) in [4.78, 5) is 14.5. The van der Waals surface area contributed by atoms with Crippen LogP contribution in [-0.2, 0) is 4.79 Å². The second-order valence-corrected chi connectivity index (χ2v) is 5.41. The third-order valence-electron chi connectivity index (χ3n) is 4.03. The van der Waals surface area contributed by atoms with Gasteiger partial charge in [-0.2, -0.15) is 0 Å². The van der Waals surface area contributed by atoms with E-state index in [-0.39, 0.29) is 11.9 Å². The minimum Gasteiger partial charge on any atom is -0.492 e. The second-order valence-electron chi connectivity index (χ2n) is 5.41. The number of carbonyl (C=O) groups excluding carboxylic acids is 1. The highest BCUT2D eigenvalue weighted by atomic mass is 16.5. The molecule has 0 aliphatic carbocycles. The zero-order chi connectivity index (χ0) is 13.4. The SMILES string of the molecule is CCOc1cccc2c1NC(=O)C1CC(C)CCN21. The summed E-state index contributed by atoms with van der Waals surface area (Å²) in [6.07, 6.45) is 2.08. The number of ether oxygens (including phenoxy) is 1. The van der Waals surface area contributed by atoms with E-state index in [0.29, 0.717) is 12.5 Å². The molecule has 0 spiro atoms. The monoisotopic (exact) mass is 260 g/mol. The van der Waals surface area contributed by atoms with Gasteiger partial charge in [-0.1, -0.05) is 13.0 Å². The number of fused-ring (bicyclic) bond motifs is 3. The van der Waals surface area contributed by atoms with Crippen LogP contribution in [0.25, 0.3) is 0 Å². The third-order valence-corrected chi connectivity index (χ3v) is 4.03. The van der Waals surface area contributed by atoms with Crippen LogP contribution in [0.5, 0.6) is 5.75 Å². The number of amides is 1. The molecule has 19 heavy (non-hydrogen) atoms. The summed E-state index contributed by atoms with van der Waals surface area (Å²) in [5.41, 5.74) is 1.93. The van der Waals surface area contributed by atoms with Crippen molar-refractivity contribution in [1.82, 2.24) is 0 Å². The van der Waals surface area contributed by atoms with Crippen LogP contribution in [0.2, 0.25) is 0 Å². The van der Waals surface area contributed by atoms with Gasteiger partial charge in [-0.3, -0.25) is 4.79 Å². The Morgan fingerprint density at radius 3 is 3.11 bits per heavy atom. The highest BCUT2D eigenvalue weighted by Gasteiger charge is 2.37. The average Bonchev–Trinajstić information content (AvgIpc) is 2.40. The number of hydrogen-bond acceptors (Lipinski definition) is 3. The molecule has 4 nitrogen and oxygen atoms in total. The summed E-state index contributed by atoms with van der Waals surface area (Å²) in [5, 5.41) is 3.03. The smallest absolute Gasteiger partial charge is 0.247 e. The van der Waals surface area contributed by atoms with E-state index in [0.717, 1.165) is 36.5 Å². The van der Waals surface area contributed by atoms with Crippen molar-refractivity contribution in [2.45, 2.75) is 32.7 Å². The van der Waals surface area contributed by atoms with Crippen molar-refractivity contribution in [1.29, 1.82) is 0 Å². The maximum absolute atomic E-state index is 12.3. The molecule has 0 bridgehead atoms. The van der Waals surface area contributed by atoms with Crippen LogP contribution in [0, 0.1) is 5.92 Å². The van der Waals surface area contributed by atoms with Crippen LogP contribution in [0.1, 0.15) is 26.7 Å². The molecule has 1 amide bonds. The molecule has 2 aliphatic rings. The van der Waals surface area contributed by atoms with Gasteiger partial charge in [0.2, 0.25) is 5.91 Å². The van der Waals surface area contributed by atoms with Gasteiger partial charge in [0.05, 0.1) is 12.3 Å². The number of anilines is 2. The van der Waals surface area contributed by atoms with Crippen LogP contribution < -0.4 is 15.0 Å². The fourth-order valence-corrected chi connectivity index (χ4v) is 3.05. The summed E-state index contributed by atoms with van der Waals surface area (Å²) in [6.45, 7) is 5.72. The molecule has 1 aromatic carbocycles. The first-order valence-corrected chi connectivity index (χ1v) is 7.04. The Bertz CT molecular complexity index is 501. The first-order chi connectivity index (χ1) is 9.20. The van der Waals surface area contributed by atoms with Gasteiger partial charge in [-0.25, -0.2) is 0 Å². The van der Waals surface area contributed by atoms with Crippen molar-refractivity contribution in [3.63, 3.8) is 0 Å². The number of para-hydroxylation sites is 1. The van der Waals surface area contributed by atoms with E-state index < -0.39 is 0 Å². The fourth-order valence-electron chi connectivity index (χ4n) is 3.05. The zero-order valence-corrected chi connectivity index (χ0v) is 11.5. The molecule has 2 unspecified atom stereocenters. The Morgan fingerprint density at radius 1 is 1.47 bits per heavy atom. The first-order valence-electron chi connectivity index (χ1n) is 7.04. The van der Waals surface area contributed by atoms with Gasteiger partial charge in [-0.05, 0) is 37.8 Å². The molecular formula is C15H20N2O2. The molecular weight excluding hydrogens is 240 g/mol. The standard InChI is InChI=1S/C15H20N2O2/c1-3-19-13-6-4-5-11-14(13)16-15(18)12-9-10(2)7-8-17(11)12/h4-6,10,12H,3,7-9H2,1-2H3,(H,16,18). The minimum atomic E-state index is -0.0203. The molecule has 1 saturated heterocycles. The normalized spacial score (nSPS) is 25.4. The molecule has 0 aromatic heterocycles. The topological polar surface area (TPSA) is 41.6 Å². The number of piperidine rings is 1. The van der Waals surface area contributed by atoms with Gasteiger partial charge >= 0.3 is 0 Å². The molecule has 3 rings (SSSR count). The van der Waals surface area contributed by atoms with E-state index in [9.17, 15) is 4.79 Å². The van der Waals surface area contributed by atoms with Gasteiger partial charge in [0.1, 0.15) is 17.5 Å². The van der Waals surface area contributed by atoms with E-state index >= 15 is 0 Å². The maximum atomic E-state index is 12.3. The summed E-state index contributed by atoms with van der Waals surface area (Å²) >= 11 is 0. The fraction of sp³-hybridized carbons (Fsp3) is 0.533. The Morgan fingerprint density at radius 2 is 2.32 bits per heavy atom. The summed E-state index contributed by atoms with van der Waals surface area (Å²) < 4.78 is 5.61. The van der Waals surface area contributed by atoms with Crippen LogP contribution in [0.3, 0.4) is 0 Å². The molecule has 0 radical (unpaired) electrons. The predicted octanol–water partition coefficient (Wildman–Crippen LogP) is 2.64. The molecule has 2 aliphatic heterocycles. The Labute approximate surface area is 113 Å². The quantitative estimate of drug-likeness (QED) is 0.888. The van der Waals surface area contributed by atoms with Crippen LogP contribution in [0.15, 0.2) is 18.2 Å². The number of rotatable bonds is 2. The molecule has 1 fully saturated rings. The lowest BCUT2D eigenvalue weighted by Crippen LogP contribution is -2.52. The first kappa shape index (κ1) is 12.3. The second kappa shape index (κ2) is 4.76. The van der Waals surface area contributed by atoms with Crippen molar-refractivity contribution in [3.8, 4) is 5.75 Å². The van der Waals surface area contributed by atoms with Gasteiger partial charge in [0.15, 0.2) is 0 Å². The van der Waals surface area contributed by atoms with Gasteiger partial charge < -0.3 is 15.0 Å². The van der Waals surface area contributed by atoms with Crippen LogP contribution >= 0.6 is 0 Å². The Hall–Kier alpha value is -1.71. The highest BCUT2D eigenvalue weighted by molar-refractivity contribution is 6.05. The third kappa shape index (κ3) is 2.05. The van der Waals surface area contributed by atoms with E-state index in [1.807, 2.05) is 19.1 Å². The average molecular weight is 260 g/mol. The number of hydrogen-bond donors (Lipinski definition) is 1. The van der Waals surface area contributed by atoms with Crippen molar-refractivity contribution in [2.75, 3.05) is 23.4 Å². The molecule has 1 aromatic rings. The molecule has 1 N–H and O–H groups in total. The number of nitrogens with zero attached hydrogens (tertiary/aromatic N) is 1. The predicted molar refractivity (Wildman–Crippen MR) is 75.8 cm³/mol. The number of benzene rings is 1. The van der Waals surface area contributed by atoms with Crippen LogP contribution in [0.4, 0.5) is 11.4 Å². The molecule has 102 valence electrons. The molecule has 0 saturated carbocycles. The summed E-state index contributed by atoms with van der Waals surface area (Å²) in [5.74, 6) is 1.49. The summed E-state index contributed by atoms with van der Waals surface area (Å²) in [7, 11) is 0. The number of carbonyl (C=O) groups is 1. The van der Waals surface area contributed by atoms with Gasteiger partial charge in [-0.15, -0.1) is 0 Å². The Balaban J connectivity index is 2.00. The van der Waals surface area contributed by atoms with E-state index in [1.165, 1.54) is 0 Å². The summed E-state index contributed by atoms with van der Waals surface area (Å²) in [6, 6.07) is 5.96. The van der Waals surface area contributed by atoms with Crippen molar-refractivity contribution >= 4 is 17.3 Å². The van der Waals surface area contributed by atoms with Gasteiger partial charge in [0, 0.05) is 6.54 Å². The Kier molecular flexibility index (Phi) is 3.09. The maximum Gasteiger partial charge on any atom is 0.247 e. The van der Waals surface area contributed by atoms with Crippen molar-refractivity contribution in [2.24, 2.45) is 5.92 Å². The largest absolute Gasteiger partial charge is 0.492 e. The molecule has 2 heterocycles. The minimum absolute atomic E-state index is 0.0203. The lowest BCUT2D eigenvalue weighted by molar-refractivity contribution is -0.118. The van der Waals surface area contributed by atoms with E-state index in [2.05, 4.69) is 23.2 Å². The molecule has 4 heteroatoms. The van der Waals surface area contributed by atoms with Gasteiger partial charge in [0.25, 0.3) is 0 Å². The van der Waals surface area contributed by atoms with E-state index in [1.54, 1.807) is 0 Å². The van der Waals surface area contributed by atoms with Crippen molar-refractivity contribution in [3.05, 3.63) is 18.2 Å². The zero-order valence-electron chi connectivity index (χ0n) is 11.5. The van der Waals surface area contributed by atoms with E-state index in [4.69, 9.17) is 4.74 Å². The van der Waals surface area contributed by atoms with Crippen LogP contribution in [-0.4, -0.2) is 25.1 Å². The lowest BCUT2D eigenvalue weighted by Gasteiger charge is -2.43. The molecule has 2 atom stereocenters. The highest BCUT2D eigenvalue weighted by Crippen LogP contribution is 2.42. The van der Waals surface area contributed by atoms with Crippen molar-refractivity contribution < 1.29 is 9.53 Å². The lowest BCUT2D eigenvalue weighted by atomic mass is 9.90.